The summed E-state index contributed by atoms with van der Waals surface area (Å²) in [6.45, 7) is 4.51. The second-order valence-electron chi connectivity index (χ2n) is 4.98. The van der Waals surface area contributed by atoms with Crippen LogP contribution in [-0.2, 0) is 10.0 Å². The van der Waals surface area contributed by atoms with E-state index in [9.17, 15) is 8.42 Å². The fourth-order valence-electron chi connectivity index (χ4n) is 2.50. The molecule has 7 heteroatoms. The Morgan fingerprint density at radius 2 is 1.90 bits per heavy atom. The monoisotopic (exact) mass is 298 g/mol. The van der Waals surface area contributed by atoms with E-state index in [0.29, 0.717) is 41.6 Å². The van der Waals surface area contributed by atoms with E-state index < -0.39 is 10.0 Å². The third kappa shape index (κ3) is 2.36. The molecule has 0 bridgehead atoms. The summed E-state index contributed by atoms with van der Waals surface area (Å²) in [7, 11) is -3.48. The van der Waals surface area contributed by atoms with E-state index in [4.69, 9.17) is 9.47 Å². The summed E-state index contributed by atoms with van der Waals surface area (Å²) in [6, 6.07) is 3.30. The highest BCUT2D eigenvalue weighted by atomic mass is 32.2. The van der Waals surface area contributed by atoms with Crippen LogP contribution in [0.2, 0.25) is 0 Å². The van der Waals surface area contributed by atoms with Crippen LogP contribution in [0, 0.1) is 6.92 Å². The van der Waals surface area contributed by atoms with Crippen molar-refractivity contribution in [2.24, 2.45) is 0 Å². The van der Waals surface area contributed by atoms with Gasteiger partial charge < -0.3 is 14.8 Å². The fraction of sp³-hybridized carbons (Fsp3) is 0.538. The molecule has 1 fully saturated rings. The standard InChI is InChI=1S/C13H18N2O4S/c1-10-7-11-12(19-9-18-11)8-13(10)20(16,17)15-5-2-3-14-4-6-15/h7-8,14H,2-6,9H2,1H3. The lowest BCUT2D eigenvalue weighted by molar-refractivity contribution is 0.174. The van der Waals surface area contributed by atoms with Crippen LogP contribution in [0.1, 0.15) is 12.0 Å². The number of sulfonamides is 1. The highest BCUT2D eigenvalue weighted by molar-refractivity contribution is 7.89. The molecule has 1 saturated heterocycles. The molecule has 20 heavy (non-hydrogen) atoms. The van der Waals surface area contributed by atoms with E-state index >= 15 is 0 Å². The van der Waals surface area contributed by atoms with Crippen molar-refractivity contribution in [1.82, 2.24) is 9.62 Å². The van der Waals surface area contributed by atoms with Gasteiger partial charge in [-0.15, -0.1) is 0 Å². The van der Waals surface area contributed by atoms with Gasteiger partial charge in [-0.25, -0.2) is 8.42 Å². The van der Waals surface area contributed by atoms with Gasteiger partial charge in [-0.3, -0.25) is 0 Å². The molecule has 0 unspecified atom stereocenters. The van der Waals surface area contributed by atoms with Crippen LogP contribution in [0.4, 0.5) is 0 Å². The van der Waals surface area contributed by atoms with Gasteiger partial charge in [-0.1, -0.05) is 0 Å². The van der Waals surface area contributed by atoms with Crippen molar-refractivity contribution in [2.45, 2.75) is 18.2 Å². The predicted molar refractivity (Wildman–Crippen MR) is 73.5 cm³/mol. The first-order valence-corrected chi connectivity index (χ1v) is 8.14. The van der Waals surface area contributed by atoms with Gasteiger partial charge in [0, 0.05) is 25.7 Å². The minimum atomic E-state index is -3.48. The van der Waals surface area contributed by atoms with Gasteiger partial charge in [-0.2, -0.15) is 4.31 Å². The number of nitrogens with one attached hydrogen (secondary N) is 1. The van der Waals surface area contributed by atoms with Crippen molar-refractivity contribution in [3.63, 3.8) is 0 Å². The average molecular weight is 298 g/mol. The van der Waals surface area contributed by atoms with Crippen LogP contribution in [0.25, 0.3) is 0 Å². The lowest BCUT2D eigenvalue weighted by Crippen LogP contribution is -2.34. The summed E-state index contributed by atoms with van der Waals surface area (Å²) in [5, 5.41) is 3.21. The number of rotatable bonds is 2. The third-order valence-corrected chi connectivity index (χ3v) is 5.63. The minimum Gasteiger partial charge on any atom is -0.454 e. The summed E-state index contributed by atoms with van der Waals surface area (Å²) < 4.78 is 37.6. The second kappa shape index (κ2) is 5.23. The minimum absolute atomic E-state index is 0.145. The number of fused-ring (bicyclic) bond motifs is 1. The molecule has 0 radical (unpaired) electrons. The van der Waals surface area contributed by atoms with E-state index in [0.717, 1.165) is 13.0 Å². The Morgan fingerprint density at radius 1 is 1.15 bits per heavy atom. The van der Waals surface area contributed by atoms with E-state index in [1.807, 2.05) is 0 Å². The molecule has 1 aromatic carbocycles. The first-order chi connectivity index (χ1) is 9.59. The summed E-state index contributed by atoms with van der Waals surface area (Å²) in [5.41, 5.74) is 0.687. The maximum atomic E-state index is 12.8. The van der Waals surface area contributed by atoms with Crippen LogP contribution in [0.15, 0.2) is 17.0 Å². The van der Waals surface area contributed by atoms with E-state index in [2.05, 4.69) is 5.32 Å². The van der Waals surface area contributed by atoms with Gasteiger partial charge in [0.05, 0.1) is 4.90 Å². The van der Waals surface area contributed by atoms with Crippen LogP contribution in [0.3, 0.4) is 0 Å². The molecule has 2 heterocycles. The van der Waals surface area contributed by atoms with Crippen LogP contribution >= 0.6 is 0 Å². The molecule has 1 N–H and O–H groups in total. The number of nitrogens with zero attached hydrogens (tertiary/aromatic N) is 1. The molecule has 2 aliphatic heterocycles. The Bertz CT molecular complexity index is 607. The molecule has 0 aliphatic carbocycles. The first-order valence-electron chi connectivity index (χ1n) is 6.70. The maximum Gasteiger partial charge on any atom is 0.243 e. The lowest BCUT2D eigenvalue weighted by Gasteiger charge is -2.21. The highest BCUT2D eigenvalue weighted by Gasteiger charge is 2.29. The van der Waals surface area contributed by atoms with Gasteiger partial charge in [0.2, 0.25) is 16.8 Å². The Morgan fingerprint density at radius 3 is 2.70 bits per heavy atom. The summed E-state index contributed by atoms with van der Waals surface area (Å²) >= 11 is 0. The molecular weight excluding hydrogens is 280 g/mol. The van der Waals surface area contributed by atoms with Gasteiger partial charge in [0.25, 0.3) is 0 Å². The Kier molecular flexibility index (Phi) is 3.57. The second-order valence-corrected chi connectivity index (χ2v) is 6.88. The van der Waals surface area contributed by atoms with Crippen molar-refractivity contribution in [3.05, 3.63) is 17.7 Å². The SMILES string of the molecule is Cc1cc2c(cc1S(=O)(=O)N1CCCNCC1)OCO2. The van der Waals surface area contributed by atoms with Gasteiger partial charge in [0.1, 0.15) is 0 Å². The highest BCUT2D eigenvalue weighted by Crippen LogP contribution is 2.37. The first kappa shape index (κ1) is 13.7. The number of aryl methyl sites for hydroxylation is 1. The quantitative estimate of drug-likeness (QED) is 0.871. The third-order valence-electron chi connectivity index (χ3n) is 3.59. The zero-order valence-corrected chi connectivity index (χ0v) is 12.2. The molecule has 2 aliphatic rings. The molecule has 3 rings (SSSR count). The van der Waals surface area contributed by atoms with E-state index in [1.165, 1.54) is 4.31 Å². The molecule has 0 aromatic heterocycles. The van der Waals surface area contributed by atoms with Gasteiger partial charge in [-0.05, 0) is 31.5 Å². The molecule has 0 atom stereocenters. The van der Waals surface area contributed by atoms with E-state index in [1.54, 1.807) is 19.1 Å². The zero-order chi connectivity index (χ0) is 14.2. The molecule has 110 valence electrons. The van der Waals surface area contributed by atoms with Crippen molar-refractivity contribution in [1.29, 1.82) is 0 Å². The largest absolute Gasteiger partial charge is 0.454 e. The number of ether oxygens (including phenoxy) is 2. The molecule has 0 spiro atoms. The van der Waals surface area contributed by atoms with Crippen molar-refractivity contribution < 1.29 is 17.9 Å². The molecule has 0 amide bonds. The van der Waals surface area contributed by atoms with Crippen molar-refractivity contribution in [2.75, 3.05) is 33.0 Å². The van der Waals surface area contributed by atoms with E-state index in [-0.39, 0.29) is 6.79 Å². The number of hydrogen-bond donors (Lipinski definition) is 1. The predicted octanol–water partition coefficient (Wildman–Crippen LogP) is 0.708. The number of hydrogen-bond acceptors (Lipinski definition) is 5. The maximum absolute atomic E-state index is 12.8. The normalized spacial score (nSPS) is 19.9. The topological polar surface area (TPSA) is 67.9 Å². The van der Waals surface area contributed by atoms with Crippen LogP contribution < -0.4 is 14.8 Å². The lowest BCUT2D eigenvalue weighted by atomic mass is 10.2. The summed E-state index contributed by atoms with van der Waals surface area (Å²) in [4.78, 5) is 0.309. The summed E-state index contributed by atoms with van der Waals surface area (Å²) in [6.07, 6.45) is 0.822. The zero-order valence-electron chi connectivity index (χ0n) is 11.4. The molecular formula is C13H18N2O4S. The molecule has 0 saturated carbocycles. The molecule has 6 nitrogen and oxygen atoms in total. The smallest absolute Gasteiger partial charge is 0.243 e. The Labute approximate surface area is 118 Å². The fourth-order valence-corrected chi connectivity index (χ4v) is 4.20. The van der Waals surface area contributed by atoms with Crippen molar-refractivity contribution >= 4 is 10.0 Å². The Balaban J connectivity index is 1.98. The summed E-state index contributed by atoms with van der Waals surface area (Å²) in [5.74, 6) is 1.11. The van der Waals surface area contributed by atoms with Gasteiger partial charge >= 0.3 is 0 Å². The van der Waals surface area contributed by atoms with Gasteiger partial charge in [0.15, 0.2) is 11.5 Å². The number of benzene rings is 1. The Hall–Kier alpha value is -1.31. The molecule has 1 aromatic rings. The van der Waals surface area contributed by atoms with Crippen LogP contribution in [-0.4, -0.2) is 45.7 Å². The average Bonchev–Trinajstić information content (AvgIpc) is 2.69. The van der Waals surface area contributed by atoms with Crippen molar-refractivity contribution in [3.8, 4) is 11.5 Å². The van der Waals surface area contributed by atoms with Crippen LogP contribution in [0.5, 0.6) is 11.5 Å².